The van der Waals surface area contributed by atoms with Gasteiger partial charge in [0.2, 0.25) is 0 Å². The van der Waals surface area contributed by atoms with E-state index in [9.17, 15) is 14.7 Å². The van der Waals surface area contributed by atoms with Gasteiger partial charge in [0, 0.05) is 13.5 Å². The molecule has 10 atom stereocenters. The Balaban J connectivity index is 1.35. The molecule has 0 radical (unpaired) electrons. The van der Waals surface area contributed by atoms with Crippen LogP contribution in [0.2, 0.25) is 13.3 Å². The molecule has 400 valence electrons. The topological polar surface area (TPSA) is 134 Å². The van der Waals surface area contributed by atoms with E-state index in [0.29, 0.717) is 68.1 Å². The number of unbranched alkanes of at least 4 members (excludes halogenated alkanes) is 3. The minimum atomic E-state index is -3.03. The standard InChI is InChI=1S/C46H55F2N4O8.3C4H9.Sn/c1-8-43-15-11-17-52-19-16-44(37(43)52)31-21-32(35(57-5)22-34(31)50(4)38(44)46(56,41(55)59-7)39(43)60-26(2)53)45(40(54)58-6)23-27-20-28(42(3,47)48)25-51(24-27)18-14-30-29-12-9-10-13-33(29)49-36(30)45;3*1-3-4-2;/h10-13,15,21-22,27-28,37-39,49,56H,8,14,16-20,23-25H2,1-7H3;3*1,3-4H2,2H3;/t27?,28?,37?,38?,39-,43-,44?,45-,46+;;;;/m0..../s1. The molecule has 2 N–H and O–H groups in total. The van der Waals surface area contributed by atoms with Gasteiger partial charge in [-0.25, -0.2) is 4.79 Å². The number of nitrogens with zero attached hydrogens (tertiary/aromatic N) is 3. The van der Waals surface area contributed by atoms with Crippen molar-refractivity contribution in [2.24, 2.45) is 17.3 Å². The van der Waals surface area contributed by atoms with Crippen molar-refractivity contribution in [3.05, 3.63) is 64.9 Å². The number of aromatic nitrogens is 1. The smallest absolute Gasteiger partial charge is 0.467 e. The van der Waals surface area contributed by atoms with E-state index >= 15 is 13.6 Å². The molecule has 3 fully saturated rings. The number of H-pyrrole nitrogens is 1. The normalized spacial score (nSPS) is 31.7. The van der Waals surface area contributed by atoms with Gasteiger partial charge in [-0.05, 0) is 6.42 Å². The maximum atomic E-state index is 15.9. The number of anilines is 1. The van der Waals surface area contributed by atoms with Crippen molar-refractivity contribution in [2.75, 3.05) is 66.0 Å². The van der Waals surface area contributed by atoms with Gasteiger partial charge in [-0.1, -0.05) is 19.1 Å². The molecule has 6 unspecified atom stereocenters. The number of carbonyl (C=O) groups is 3. The minimum absolute atomic E-state index is 0.168. The Kier molecular flexibility index (Phi) is 15.1. The van der Waals surface area contributed by atoms with E-state index < -0.39 is 82.1 Å². The predicted molar refractivity (Wildman–Crippen MR) is 284 cm³/mol. The molecule has 2 bridgehead atoms. The van der Waals surface area contributed by atoms with Crippen LogP contribution in [0.3, 0.4) is 0 Å². The Morgan fingerprint density at radius 2 is 1.59 bits per heavy atom. The fourth-order valence-corrected chi connectivity index (χ4v) is 32.1. The molecule has 73 heavy (non-hydrogen) atoms. The number of halogens is 2. The van der Waals surface area contributed by atoms with E-state index in [1.807, 2.05) is 37.1 Å². The van der Waals surface area contributed by atoms with Crippen LogP contribution in [0.5, 0.6) is 5.75 Å². The third-order valence-electron chi connectivity index (χ3n) is 19.3. The molecular formula is C58H82F2N4O8Sn. The van der Waals surface area contributed by atoms with Crippen LogP contribution in [0.1, 0.15) is 128 Å². The Bertz CT molecular complexity index is 2600. The van der Waals surface area contributed by atoms with Gasteiger partial charge in [-0.15, -0.1) is 0 Å². The summed E-state index contributed by atoms with van der Waals surface area (Å²) < 4.78 is 61.3. The van der Waals surface area contributed by atoms with E-state index in [1.54, 1.807) is 7.11 Å². The fourth-order valence-electron chi connectivity index (χ4n) is 16.2. The van der Waals surface area contributed by atoms with Crippen LogP contribution in [-0.4, -0.2) is 147 Å². The number of nitrogens with one attached hydrogen (secondary N) is 1. The predicted octanol–water partition coefficient (Wildman–Crippen LogP) is 9.18. The third kappa shape index (κ3) is 8.28. The number of likely N-dealkylation sites (N-methyl/N-ethyl adjacent to an activating group) is 1. The number of esters is 3. The van der Waals surface area contributed by atoms with E-state index in [4.69, 9.17) is 18.9 Å². The molecule has 5 aliphatic heterocycles. The SMILES string of the molecule is CCC[CH2][Sn]([CH2]CCC)([CH2]CCC)[c]1ccc2[nH]c3c(c2c1)CCN1CC(CC(C(C)(F)F)C1)C[C@]3(C(=O)OC)c1cc2c(cc1OC)N(C)C1C23CCN2CC=C[C@@](CC)(C23)[C@H](OC(C)=O)[C@@]1(O)C(=O)OC. The number of hydrogen-bond acceptors (Lipinski definition) is 11. The van der Waals surface area contributed by atoms with Crippen LogP contribution >= 0.6 is 0 Å². The summed E-state index contributed by atoms with van der Waals surface area (Å²) in [6.45, 7) is 13.8. The van der Waals surface area contributed by atoms with Gasteiger partial charge >= 0.3 is 362 Å². The zero-order chi connectivity index (χ0) is 52.5. The second kappa shape index (κ2) is 20.3. The van der Waals surface area contributed by atoms with Crippen molar-refractivity contribution in [3.63, 3.8) is 0 Å². The molecule has 6 aliphatic rings. The molecule has 12 nitrogen and oxygen atoms in total. The maximum absolute atomic E-state index is 15.9. The molecule has 1 aliphatic carbocycles. The number of ether oxygens (including phenoxy) is 4. The molecule has 9 rings (SSSR count). The van der Waals surface area contributed by atoms with Crippen molar-refractivity contribution in [1.82, 2.24) is 14.8 Å². The molecule has 6 heterocycles. The molecule has 0 amide bonds. The second-order valence-corrected chi connectivity index (χ2v) is 36.4. The summed E-state index contributed by atoms with van der Waals surface area (Å²) >= 11 is -3.03. The van der Waals surface area contributed by atoms with Crippen molar-refractivity contribution < 1.29 is 47.2 Å². The number of piperidine rings is 1. The number of aliphatic hydroxyl groups is 1. The molecule has 1 saturated carbocycles. The Morgan fingerprint density at radius 3 is 2.19 bits per heavy atom. The fraction of sp³-hybridized carbons (Fsp3) is 0.672. The summed E-state index contributed by atoms with van der Waals surface area (Å²) in [5.41, 5.74) is -1.25. The van der Waals surface area contributed by atoms with Crippen LogP contribution in [0.25, 0.3) is 10.9 Å². The van der Waals surface area contributed by atoms with Crippen LogP contribution in [0.4, 0.5) is 14.5 Å². The van der Waals surface area contributed by atoms with Gasteiger partial charge in [-0.3, -0.25) is 4.79 Å². The molecule has 2 aromatic carbocycles. The molecular weight excluding hydrogens is 1040 g/mol. The summed E-state index contributed by atoms with van der Waals surface area (Å²) in [5, 5.41) is 14.6. The first-order valence-electron chi connectivity index (χ1n) is 27.5. The molecule has 3 aromatic rings. The van der Waals surface area contributed by atoms with Crippen molar-refractivity contribution in [1.29, 1.82) is 0 Å². The zero-order valence-corrected chi connectivity index (χ0v) is 48.1. The first-order chi connectivity index (χ1) is 34.8. The summed E-state index contributed by atoms with van der Waals surface area (Å²) in [5.74, 6) is -5.85. The third-order valence-corrected chi connectivity index (χ3v) is 34.9. The monoisotopic (exact) mass is 1120 g/mol. The number of benzene rings is 2. The van der Waals surface area contributed by atoms with Crippen molar-refractivity contribution in [2.45, 2.75) is 166 Å². The van der Waals surface area contributed by atoms with Gasteiger partial charge < -0.3 is 14.6 Å². The number of methoxy groups -OCH3 is 3. The summed E-state index contributed by atoms with van der Waals surface area (Å²) in [7, 11) is 6.10. The van der Waals surface area contributed by atoms with Crippen molar-refractivity contribution in [3.8, 4) is 5.75 Å². The first-order valence-corrected chi connectivity index (χ1v) is 35.0. The zero-order valence-electron chi connectivity index (χ0n) is 45.3. The van der Waals surface area contributed by atoms with Crippen LogP contribution in [0, 0.1) is 17.3 Å². The Morgan fingerprint density at radius 1 is 0.904 bits per heavy atom. The number of fused-ring (bicyclic) bond motifs is 6. The van der Waals surface area contributed by atoms with Crippen LogP contribution < -0.4 is 13.2 Å². The molecule has 2 saturated heterocycles. The molecule has 1 aromatic heterocycles. The van der Waals surface area contributed by atoms with Gasteiger partial charge in [0.15, 0.2) is 6.10 Å². The van der Waals surface area contributed by atoms with Crippen LogP contribution in [-0.2, 0) is 45.8 Å². The van der Waals surface area contributed by atoms with Crippen molar-refractivity contribution >= 4 is 56.5 Å². The Hall–Kier alpha value is -3.73. The van der Waals surface area contributed by atoms with Gasteiger partial charge in [0.25, 0.3) is 0 Å². The number of rotatable bonds is 17. The number of alkyl halides is 2. The Labute approximate surface area is 436 Å². The summed E-state index contributed by atoms with van der Waals surface area (Å²) in [6, 6.07) is 9.79. The van der Waals surface area contributed by atoms with Gasteiger partial charge in [0.05, 0.1) is 7.11 Å². The minimum Gasteiger partial charge on any atom is -0.467 e. The first kappa shape index (κ1) is 54.1. The van der Waals surface area contributed by atoms with Gasteiger partial charge in [0.1, 0.15) is 0 Å². The number of hydrogen-bond donors (Lipinski definition) is 2. The average Bonchev–Trinajstić information content (AvgIpc) is 4.05. The van der Waals surface area contributed by atoms with E-state index in [1.165, 1.54) is 57.3 Å². The quantitative estimate of drug-likeness (QED) is 0.0581. The summed E-state index contributed by atoms with van der Waals surface area (Å²) in [6.07, 6.45) is 11.7. The molecule has 15 heteroatoms. The van der Waals surface area contributed by atoms with E-state index in [2.05, 4.69) is 59.8 Å². The molecule has 1 spiro atoms. The average molecular weight is 1120 g/mol. The second-order valence-electron chi connectivity index (χ2n) is 23.1. The number of carbonyl (C=O) groups excluding carboxylic acids is 3. The van der Waals surface area contributed by atoms with Gasteiger partial charge in [-0.2, -0.15) is 0 Å². The summed E-state index contributed by atoms with van der Waals surface area (Å²) in [4.78, 5) is 54.1. The number of aromatic amines is 1. The van der Waals surface area contributed by atoms with Crippen LogP contribution in [0.15, 0.2) is 42.5 Å². The van der Waals surface area contributed by atoms with E-state index in [0.717, 1.165) is 48.2 Å². The van der Waals surface area contributed by atoms with E-state index in [-0.39, 0.29) is 31.3 Å².